The summed E-state index contributed by atoms with van der Waals surface area (Å²) in [6.07, 6.45) is 4.09. The van der Waals surface area contributed by atoms with E-state index >= 15 is 0 Å². The van der Waals surface area contributed by atoms with Crippen molar-refractivity contribution in [1.82, 2.24) is 4.90 Å². The van der Waals surface area contributed by atoms with Gasteiger partial charge in [0.25, 0.3) is 0 Å². The van der Waals surface area contributed by atoms with Crippen LogP contribution in [0.15, 0.2) is 77.3 Å². The van der Waals surface area contributed by atoms with Gasteiger partial charge >= 0.3 is 0 Å². The molecule has 0 radical (unpaired) electrons. The molecule has 6 rings (SSSR count). The number of Topliss-reactive ketones (excluding diaryl/α,β-unsaturated/α-hetero) is 1. The van der Waals surface area contributed by atoms with Crippen molar-refractivity contribution in [3.8, 4) is 11.5 Å². The van der Waals surface area contributed by atoms with Crippen molar-refractivity contribution in [3.63, 3.8) is 0 Å². The summed E-state index contributed by atoms with van der Waals surface area (Å²) >= 11 is 3.52. The fourth-order valence-corrected chi connectivity index (χ4v) is 6.65. The number of para-hydroxylation sites is 2. The fraction of sp³-hybridized carbons (Fsp3) is 0.367. The van der Waals surface area contributed by atoms with Gasteiger partial charge in [-0.05, 0) is 62.1 Å². The van der Waals surface area contributed by atoms with Crippen LogP contribution >= 0.6 is 15.9 Å². The van der Waals surface area contributed by atoms with Gasteiger partial charge in [0, 0.05) is 33.6 Å². The second-order valence-electron chi connectivity index (χ2n) is 9.79. The SMILES string of the molecule is O=C(c1ccc(Br)cc1)[C@@H]1[C@H]2c3ccccc3OCCCCOc3ccccc3[C@H]1N1CCC[C@@H]21. The van der Waals surface area contributed by atoms with Crippen molar-refractivity contribution in [2.45, 2.75) is 43.7 Å². The van der Waals surface area contributed by atoms with Crippen molar-refractivity contribution >= 4 is 21.7 Å². The van der Waals surface area contributed by atoms with E-state index in [1.807, 2.05) is 36.4 Å². The van der Waals surface area contributed by atoms with Gasteiger partial charge in [-0.15, -0.1) is 0 Å². The zero-order chi connectivity index (χ0) is 23.8. The van der Waals surface area contributed by atoms with Gasteiger partial charge < -0.3 is 9.47 Å². The number of halogens is 1. The molecule has 0 saturated carbocycles. The van der Waals surface area contributed by atoms with Crippen molar-refractivity contribution in [3.05, 3.63) is 94.0 Å². The Morgan fingerprint density at radius 3 is 2.14 bits per heavy atom. The highest BCUT2D eigenvalue weighted by atomic mass is 79.9. The first kappa shape index (κ1) is 22.8. The van der Waals surface area contributed by atoms with Crippen LogP contribution in [0.5, 0.6) is 11.5 Å². The van der Waals surface area contributed by atoms with Crippen LogP contribution in [0.2, 0.25) is 0 Å². The van der Waals surface area contributed by atoms with E-state index in [2.05, 4.69) is 57.2 Å². The molecule has 3 aromatic carbocycles. The van der Waals surface area contributed by atoms with Crippen molar-refractivity contribution in [2.24, 2.45) is 5.92 Å². The van der Waals surface area contributed by atoms with Crippen LogP contribution in [-0.2, 0) is 0 Å². The summed E-state index contributed by atoms with van der Waals surface area (Å²) in [5.74, 6) is 1.86. The number of nitrogens with zero attached hydrogens (tertiary/aromatic N) is 1. The number of benzene rings is 3. The molecule has 0 aliphatic carbocycles. The number of hydrogen-bond donors (Lipinski definition) is 0. The molecular formula is C30H30BrNO3. The van der Waals surface area contributed by atoms with E-state index in [0.717, 1.165) is 59.3 Å². The van der Waals surface area contributed by atoms with Crippen molar-refractivity contribution in [2.75, 3.05) is 19.8 Å². The Morgan fingerprint density at radius 2 is 1.43 bits per heavy atom. The van der Waals surface area contributed by atoms with E-state index in [9.17, 15) is 4.79 Å². The van der Waals surface area contributed by atoms with Gasteiger partial charge in [0.05, 0.1) is 19.1 Å². The number of hydrogen-bond acceptors (Lipinski definition) is 4. The lowest BCUT2D eigenvalue weighted by Gasteiger charge is -2.29. The predicted molar refractivity (Wildman–Crippen MR) is 140 cm³/mol. The zero-order valence-corrected chi connectivity index (χ0v) is 21.3. The summed E-state index contributed by atoms with van der Waals surface area (Å²) in [4.78, 5) is 17.0. The minimum absolute atomic E-state index is 0.0337. The molecule has 0 aromatic heterocycles. The minimum atomic E-state index is -0.225. The second kappa shape index (κ2) is 9.79. The fourth-order valence-electron chi connectivity index (χ4n) is 6.39. The summed E-state index contributed by atoms with van der Waals surface area (Å²) in [5.41, 5.74) is 3.06. The van der Waals surface area contributed by atoms with E-state index in [0.29, 0.717) is 19.3 Å². The lowest BCUT2D eigenvalue weighted by atomic mass is 9.75. The Hall–Kier alpha value is -2.63. The maximum Gasteiger partial charge on any atom is 0.168 e. The van der Waals surface area contributed by atoms with Gasteiger partial charge in [-0.1, -0.05) is 64.5 Å². The van der Waals surface area contributed by atoms with E-state index in [4.69, 9.17) is 9.47 Å². The molecule has 3 heterocycles. The zero-order valence-electron chi connectivity index (χ0n) is 19.7. The number of carbonyl (C=O) groups is 1. The molecular weight excluding hydrogens is 502 g/mol. The predicted octanol–water partition coefficient (Wildman–Crippen LogP) is 6.80. The van der Waals surface area contributed by atoms with Crippen LogP contribution < -0.4 is 9.47 Å². The monoisotopic (exact) mass is 531 g/mol. The average molecular weight is 532 g/mol. The average Bonchev–Trinajstić information content (AvgIpc) is 3.47. The van der Waals surface area contributed by atoms with Crippen LogP contribution in [0.4, 0.5) is 0 Å². The third kappa shape index (κ3) is 4.19. The summed E-state index contributed by atoms with van der Waals surface area (Å²) in [7, 11) is 0. The highest BCUT2D eigenvalue weighted by Gasteiger charge is 2.55. The molecule has 0 spiro atoms. The highest BCUT2D eigenvalue weighted by Crippen LogP contribution is 2.56. The Labute approximate surface area is 215 Å². The number of fused-ring (bicyclic) bond motifs is 9. The van der Waals surface area contributed by atoms with Crippen molar-refractivity contribution < 1.29 is 14.3 Å². The van der Waals surface area contributed by atoms with Gasteiger partial charge in [0.1, 0.15) is 11.5 Å². The van der Waals surface area contributed by atoms with Crippen LogP contribution in [-0.4, -0.2) is 36.5 Å². The molecule has 4 nitrogen and oxygen atoms in total. The number of carbonyl (C=O) groups excluding carboxylic acids is 1. The number of rotatable bonds is 2. The smallest absolute Gasteiger partial charge is 0.168 e. The largest absolute Gasteiger partial charge is 0.493 e. The summed E-state index contributed by atoms with van der Waals surface area (Å²) in [6, 6.07) is 24.8. The Morgan fingerprint density at radius 1 is 0.800 bits per heavy atom. The molecule has 0 N–H and O–H groups in total. The lowest BCUT2D eigenvalue weighted by Crippen LogP contribution is -2.29. The highest BCUT2D eigenvalue weighted by molar-refractivity contribution is 9.10. The second-order valence-corrected chi connectivity index (χ2v) is 10.7. The maximum absolute atomic E-state index is 14.4. The maximum atomic E-state index is 14.4. The first-order valence-electron chi connectivity index (χ1n) is 12.7. The molecule has 5 heteroatoms. The standard InChI is InChI=1S/C30H30BrNO3/c31-21-15-13-20(14-16-21)30(33)28-27-22-8-1-3-11-25(22)34-18-5-6-19-35-26-12-4-2-9-23(26)29(28)32-17-7-10-24(27)32/h1-4,8-9,11-16,24,27-29H,5-7,10,17-19H2/t24-,27-,28+,29+/m0/s1. The van der Waals surface area contributed by atoms with Crippen LogP contribution in [0.1, 0.15) is 59.1 Å². The first-order valence-corrected chi connectivity index (χ1v) is 13.5. The quantitative estimate of drug-likeness (QED) is 0.340. The van der Waals surface area contributed by atoms with E-state index < -0.39 is 0 Å². The van der Waals surface area contributed by atoms with Gasteiger partial charge in [-0.3, -0.25) is 9.69 Å². The molecule has 4 atom stereocenters. The van der Waals surface area contributed by atoms with Gasteiger partial charge in [0.15, 0.2) is 5.78 Å². The normalized spacial score (nSPS) is 26.1. The topological polar surface area (TPSA) is 38.8 Å². The molecule has 180 valence electrons. The number of ether oxygens (including phenoxy) is 2. The molecule has 3 aliphatic heterocycles. The van der Waals surface area contributed by atoms with E-state index in [-0.39, 0.29) is 23.7 Å². The number of ketones is 1. The lowest BCUT2D eigenvalue weighted by molar-refractivity contribution is 0.0872. The van der Waals surface area contributed by atoms with Crippen LogP contribution in [0.25, 0.3) is 0 Å². The van der Waals surface area contributed by atoms with Gasteiger partial charge in [-0.25, -0.2) is 0 Å². The molecule has 0 amide bonds. The van der Waals surface area contributed by atoms with Crippen LogP contribution in [0.3, 0.4) is 0 Å². The van der Waals surface area contributed by atoms with E-state index in [1.54, 1.807) is 0 Å². The Balaban J connectivity index is 1.56. The van der Waals surface area contributed by atoms with E-state index in [1.165, 1.54) is 5.56 Å². The molecule has 2 fully saturated rings. The summed E-state index contributed by atoms with van der Waals surface area (Å²) < 4.78 is 13.6. The van der Waals surface area contributed by atoms with Gasteiger partial charge in [0.2, 0.25) is 0 Å². The Kier molecular flexibility index (Phi) is 6.38. The van der Waals surface area contributed by atoms with Gasteiger partial charge in [-0.2, -0.15) is 0 Å². The Bertz CT molecular complexity index is 1140. The molecule has 2 saturated heterocycles. The third-order valence-electron chi connectivity index (χ3n) is 7.84. The molecule has 2 bridgehead atoms. The van der Waals surface area contributed by atoms with Crippen molar-refractivity contribution in [1.29, 1.82) is 0 Å². The summed E-state index contributed by atoms with van der Waals surface area (Å²) in [5, 5.41) is 0. The minimum Gasteiger partial charge on any atom is -0.493 e. The molecule has 3 aromatic rings. The molecule has 35 heavy (non-hydrogen) atoms. The van der Waals surface area contributed by atoms with Crippen LogP contribution in [0, 0.1) is 5.92 Å². The molecule has 3 aliphatic rings. The molecule has 0 unspecified atom stereocenters. The third-order valence-corrected chi connectivity index (χ3v) is 8.37. The summed E-state index contributed by atoms with van der Waals surface area (Å²) in [6.45, 7) is 2.29. The first-order chi connectivity index (χ1) is 17.2.